The van der Waals surface area contributed by atoms with Crippen molar-refractivity contribution in [2.45, 2.75) is 12.4 Å². The second-order valence-corrected chi connectivity index (χ2v) is 5.66. The number of nitrogens with one attached hydrogen (secondary N) is 1. The van der Waals surface area contributed by atoms with Crippen LogP contribution in [-0.2, 0) is 12.4 Å². The largest absolute Gasteiger partial charge is 0.389 e. The van der Waals surface area contributed by atoms with E-state index in [1.165, 1.54) is 0 Å². The Hall–Kier alpha value is -1.03. The molecule has 108 valence electrons. The fraction of sp³-hybridized carbons (Fsp3) is 0.286. The standard InChI is InChI=1S/C14H16Cl3N3/c15-7-10-1-2-12(16)5-11(10)9-20-4-3-19-8-13(20)6-14(17)18/h1-2,5-6,8,19H,3-4,7,9,18H2/b14-6-. The van der Waals surface area contributed by atoms with Gasteiger partial charge in [0.1, 0.15) is 5.16 Å². The third-order valence-corrected chi connectivity index (χ3v) is 3.73. The molecule has 1 aromatic carbocycles. The van der Waals surface area contributed by atoms with Crippen molar-refractivity contribution in [3.63, 3.8) is 0 Å². The Balaban J connectivity index is 2.24. The first-order valence-corrected chi connectivity index (χ1v) is 7.53. The minimum atomic E-state index is 0.258. The first-order valence-electron chi connectivity index (χ1n) is 6.24. The monoisotopic (exact) mass is 331 g/mol. The lowest BCUT2D eigenvalue weighted by molar-refractivity contribution is 0.330. The van der Waals surface area contributed by atoms with E-state index in [0.29, 0.717) is 10.9 Å². The van der Waals surface area contributed by atoms with Crippen molar-refractivity contribution in [2.24, 2.45) is 5.73 Å². The minimum Gasteiger partial charge on any atom is -0.389 e. The van der Waals surface area contributed by atoms with E-state index < -0.39 is 0 Å². The Morgan fingerprint density at radius 2 is 2.20 bits per heavy atom. The number of hydrogen-bond acceptors (Lipinski definition) is 3. The van der Waals surface area contributed by atoms with Gasteiger partial charge in [-0.25, -0.2) is 0 Å². The van der Waals surface area contributed by atoms with Crippen LogP contribution in [0.5, 0.6) is 0 Å². The molecule has 0 amide bonds. The second-order valence-electron chi connectivity index (χ2n) is 4.52. The molecule has 0 unspecified atom stereocenters. The number of nitrogens with two attached hydrogens (primary N) is 1. The van der Waals surface area contributed by atoms with Gasteiger partial charge in [0.25, 0.3) is 0 Å². The zero-order valence-corrected chi connectivity index (χ0v) is 13.1. The van der Waals surface area contributed by atoms with E-state index in [1.807, 2.05) is 24.4 Å². The van der Waals surface area contributed by atoms with Crippen LogP contribution in [0.15, 0.2) is 41.3 Å². The van der Waals surface area contributed by atoms with E-state index in [1.54, 1.807) is 6.08 Å². The van der Waals surface area contributed by atoms with Crippen molar-refractivity contribution in [2.75, 3.05) is 13.1 Å². The van der Waals surface area contributed by atoms with E-state index in [4.69, 9.17) is 40.5 Å². The Bertz CT molecular complexity index is 536. The average molecular weight is 333 g/mol. The van der Waals surface area contributed by atoms with Gasteiger partial charge in [-0.2, -0.15) is 0 Å². The molecule has 3 N–H and O–H groups in total. The maximum Gasteiger partial charge on any atom is 0.101 e. The van der Waals surface area contributed by atoms with Gasteiger partial charge < -0.3 is 16.0 Å². The van der Waals surface area contributed by atoms with Gasteiger partial charge in [-0.05, 0) is 29.3 Å². The van der Waals surface area contributed by atoms with Crippen LogP contribution < -0.4 is 11.1 Å². The average Bonchev–Trinajstić information content (AvgIpc) is 2.41. The van der Waals surface area contributed by atoms with Gasteiger partial charge >= 0.3 is 0 Å². The van der Waals surface area contributed by atoms with E-state index in [2.05, 4.69) is 10.2 Å². The van der Waals surface area contributed by atoms with Crippen LogP contribution in [0.1, 0.15) is 11.1 Å². The maximum absolute atomic E-state index is 6.07. The number of nitrogens with zero attached hydrogens (tertiary/aromatic N) is 1. The summed E-state index contributed by atoms with van der Waals surface area (Å²) in [6.07, 6.45) is 3.64. The molecule has 0 fully saturated rings. The lowest BCUT2D eigenvalue weighted by Crippen LogP contribution is -2.35. The summed E-state index contributed by atoms with van der Waals surface area (Å²) in [4.78, 5) is 2.19. The van der Waals surface area contributed by atoms with Crippen molar-refractivity contribution in [1.29, 1.82) is 0 Å². The summed E-state index contributed by atoms with van der Waals surface area (Å²) in [5.74, 6) is 0.463. The molecule has 0 bridgehead atoms. The van der Waals surface area contributed by atoms with E-state index >= 15 is 0 Å². The van der Waals surface area contributed by atoms with Crippen LogP contribution in [0.3, 0.4) is 0 Å². The van der Waals surface area contributed by atoms with Gasteiger partial charge in [-0.15, -0.1) is 11.6 Å². The summed E-state index contributed by atoms with van der Waals surface area (Å²) in [5.41, 5.74) is 8.69. The SMILES string of the molecule is N/C(Cl)=C\C1=CNCCN1Cc1cc(Cl)ccc1CCl. The molecule has 1 aliphatic rings. The van der Waals surface area contributed by atoms with E-state index in [9.17, 15) is 0 Å². The third kappa shape index (κ3) is 3.98. The van der Waals surface area contributed by atoms with Crippen LogP contribution in [0.4, 0.5) is 0 Å². The van der Waals surface area contributed by atoms with Crippen molar-refractivity contribution >= 4 is 34.8 Å². The van der Waals surface area contributed by atoms with Crippen LogP contribution in [0, 0.1) is 0 Å². The highest BCUT2D eigenvalue weighted by atomic mass is 35.5. The normalized spacial score (nSPS) is 15.8. The summed E-state index contributed by atoms with van der Waals surface area (Å²) in [6, 6.07) is 5.77. The van der Waals surface area contributed by atoms with Crippen molar-refractivity contribution in [1.82, 2.24) is 10.2 Å². The molecule has 1 aromatic rings. The second kappa shape index (κ2) is 7.11. The summed E-state index contributed by atoms with van der Waals surface area (Å²) < 4.78 is 0. The van der Waals surface area contributed by atoms with E-state index in [-0.39, 0.29) is 5.16 Å². The highest BCUT2D eigenvalue weighted by Crippen LogP contribution is 2.22. The lowest BCUT2D eigenvalue weighted by atomic mass is 10.1. The van der Waals surface area contributed by atoms with Gasteiger partial charge in [0, 0.05) is 36.7 Å². The Morgan fingerprint density at radius 1 is 1.40 bits per heavy atom. The molecule has 6 heteroatoms. The molecule has 20 heavy (non-hydrogen) atoms. The molecule has 0 saturated heterocycles. The zero-order valence-electron chi connectivity index (χ0n) is 10.9. The van der Waals surface area contributed by atoms with Crippen LogP contribution in [0.2, 0.25) is 5.02 Å². The van der Waals surface area contributed by atoms with Gasteiger partial charge in [0.05, 0.1) is 5.70 Å². The molecule has 1 aliphatic heterocycles. The zero-order chi connectivity index (χ0) is 14.5. The van der Waals surface area contributed by atoms with Crippen LogP contribution in [0.25, 0.3) is 0 Å². The van der Waals surface area contributed by atoms with Gasteiger partial charge in [0.2, 0.25) is 0 Å². The fourth-order valence-corrected chi connectivity index (χ4v) is 2.69. The van der Waals surface area contributed by atoms with Crippen molar-refractivity contribution in [3.05, 3.63) is 57.5 Å². The molecule has 0 aliphatic carbocycles. The molecule has 0 atom stereocenters. The van der Waals surface area contributed by atoms with Gasteiger partial charge in [-0.1, -0.05) is 29.3 Å². The smallest absolute Gasteiger partial charge is 0.101 e. The Morgan fingerprint density at radius 3 is 2.90 bits per heavy atom. The summed E-state index contributed by atoms with van der Waals surface area (Å²) in [6.45, 7) is 2.45. The summed E-state index contributed by atoms with van der Waals surface area (Å²) >= 11 is 17.8. The predicted octanol–water partition coefficient (Wildman–Crippen LogP) is 3.36. The van der Waals surface area contributed by atoms with Gasteiger partial charge in [0.15, 0.2) is 0 Å². The Labute approximate surface area is 134 Å². The summed E-state index contributed by atoms with van der Waals surface area (Å²) in [7, 11) is 0. The highest BCUT2D eigenvalue weighted by Gasteiger charge is 2.14. The lowest BCUT2D eigenvalue weighted by Gasteiger charge is -2.30. The van der Waals surface area contributed by atoms with Crippen LogP contribution >= 0.6 is 34.8 Å². The van der Waals surface area contributed by atoms with Crippen LogP contribution in [-0.4, -0.2) is 18.0 Å². The molecule has 0 saturated carbocycles. The topological polar surface area (TPSA) is 41.3 Å². The molecule has 3 nitrogen and oxygen atoms in total. The number of rotatable bonds is 4. The van der Waals surface area contributed by atoms with Crippen molar-refractivity contribution < 1.29 is 0 Å². The first-order chi connectivity index (χ1) is 9.60. The first kappa shape index (κ1) is 15.4. The third-order valence-electron chi connectivity index (χ3n) is 3.10. The molecule has 1 heterocycles. The molecule has 0 radical (unpaired) electrons. The number of allylic oxidation sites excluding steroid dienone is 1. The quantitative estimate of drug-likeness (QED) is 0.656. The maximum atomic E-state index is 6.07. The molecule has 2 rings (SSSR count). The molecule has 0 spiro atoms. The predicted molar refractivity (Wildman–Crippen MR) is 85.6 cm³/mol. The minimum absolute atomic E-state index is 0.258. The molecular formula is C14H16Cl3N3. The summed E-state index contributed by atoms with van der Waals surface area (Å²) in [5, 5.41) is 4.15. The number of hydrogen-bond donors (Lipinski definition) is 2. The molecular weight excluding hydrogens is 317 g/mol. The van der Waals surface area contributed by atoms with Crippen molar-refractivity contribution in [3.8, 4) is 0 Å². The molecule has 0 aromatic heterocycles. The Kier molecular flexibility index (Phi) is 5.46. The highest BCUT2D eigenvalue weighted by molar-refractivity contribution is 6.30. The number of benzene rings is 1. The fourth-order valence-electron chi connectivity index (χ4n) is 2.12. The van der Waals surface area contributed by atoms with E-state index in [0.717, 1.165) is 36.5 Å². The van der Waals surface area contributed by atoms with Gasteiger partial charge in [-0.3, -0.25) is 0 Å². The number of alkyl halides is 1. The number of halogens is 3.